The van der Waals surface area contributed by atoms with E-state index >= 15 is 0 Å². The fourth-order valence-electron chi connectivity index (χ4n) is 3.28. The zero-order chi connectivity index (χ0) is 18.1. The monoisotopic (exact) mass is 347 g/mol. The van der Waals surface area contributed by atoms with Crippen molar-refractivity contribution in [3.8, 4) is 0 Å². The van der Waals surface area contributed by atoms with Gasteiger partial charge in [0.25, 0.3) is 5.56 Å². The minimum Gasteiger partial charge on any atom is -0.267 e. The van der Waals surface area contributed by atoms with E-state index in [4.69, 9.17) is 0 Å². The summed E-state index contributed by atoms with van der Waals surface area (Å²) in [4.78, 5) is 17.2. The van der Waals surface area contributed by atoms with Crippen LogP contribution in [0.4, 0.5) is 0 Å². The number of hydrazine groups is 1. The van der Waals surface area contributed by atoms with E-state index in [2.05, 4.69) is 52.1 Å². The lowest BCUT2D eigenvalue weighted by Gasteiger charge is -2.15. The molecule has 0 amide bonds. The number of nitrogens with one attached hydrogen (secondary N) is 2. The second-order valence-electron chi connectivity index (χ2n) is 6.64. The molecule has 2 atom stereocenters. The summed E-state index contributed by atoms with van der Waals surface area (Å²) in [6, 6.07) is 15.9. The number of nitrogens with zero attached hydrogens (tertiary/aromatic N) is 3. The number of hydrogen-bond donors (Lipinski definition) is 2. The standard InChI is InChI=1S/C20H21N5O/c1-13-7-9-15(10-8-13)19-16(11-21-24-19)12-22-25-14(2)23-18-6-4-3-5-17(18)20(25)26/h3-10,12,16,19,21,24H,11H2,1-2H3/b22-12+. The number of aromatic nitrogens is 2. The molecule has 2 aromatic carbocycles. The molecule has 2 unspecified atom stereocenters. The summed E-state index contributed by atoms with van der Waals surface area (Å²) in [5.74, 6) is 0.714. The number of aryl methyl sites for hydroxylation is 2. The molecular formula is C20H21N5O. The molecule has 1 aliphatic rings. The van der Waals surface area contributed by atoms with Gasteiger partial charge in [-0.1, -0.05) is 42.0 Å². The predicted molar refractivity (Wildman–Crippen MR) is 103 cm³/mol. The predicted octanol–water partition coefficient (Wildman–Crippen LogP) is 2.31. The van der Waals surface area contributed by atoms with E-state index in [0.717, 1.165) is 6.54 Å². The Bertz CT molecular complexity index is 1020. The maximum absolute atomic E-state index is 12.7. The summed E-state index contributed by atoms with van der Waals surface area (Å²) >= 11 is 0. The number of hydrogen-bond acceptors (Lipinski definition) is 5. The van der Waals surface area contributed by atoms with Gasteiger partial charge >= 0.3 is 0 Å². The molecular weight excluding hydrogens is 326 g/mol. The minimum absolute atomic E-state index is 0.115. The van der Waals surface area contributed by atoms with Crippen LogP contribution in [0.15, 0.2) is 58.4 Å². The van der Waals surface area contributed by atoms with Crippen LogP contribution in [0.3, 0.4) is 0 Å². The zero-order valence-corrected chi connectivity index (χ0v) is 14.8. The normalized spacial score (nSPS) is 20.2. The summed E-state index contributed by atoms with van der Waals surface area (Å²) in [6.45, 7) is 4.62. The van der Waals surface area contributed by atoms with Crippen LogP contribution in [0.25, 0.3) is 10.9 Å². The Morgan fingerprint density at radius 1 is 1.15 bits per heavy atom. The Morgan fingerprint density at radius 2 is 1.92 bits per heavy atom. The van der Waals surface area contributed by atoms with Gasteiger partial charge in [0, 0.05) is 18.7 Å². The maximum atomic E-state index is 12.7. The summed E-state index contributed by atoms with van der Waals surface area (Å²) < 4.78 is 1.38. The van der Waals surface area contributed by atoms with Crippen molar-refractivity contribution < 1.29 is 0 Å². The quantitative estimate of drug-likeness (QED) is 0.713. The second-order valence-corrected chi connectivity index (χ2v) is 6.64. The van der Waals surface area contributed by atoms with Gasteiger partial charge in [0.15, 0.2) is 0 Å². The van der Waals surface area contributed by atoms with E-state index in [-0.39, 0.29) is 17.5 Å². The largest absolute Gasteiger partial charge is 0.282 e. The molecule has 132 valence electrons. The molecule has 2 N–H and O–H groups in total. The smallest absolute Gasteiger partial charge is 0.267 e. The Kier molecular flexibility index (Phi) is 4.36. The third-order valence-corrected chi connectivity index (χ3v) is 4.75. The Labute approximate surface area is 151 Å². The van der Waals surface area contributed by atoms with Crippen LogP contribution in [0, 0.1) is 19.8 Å². The highest BCUT2D eigenvalue weighted by atomic mass is 16.1. The highest BCUT2D eigenvalue weighted by Gasteiger charge is 2.27. The molecule has 26 heavy (non-hydrogen) atoms. The summed E-state index contributed by atoms with van der Waals surface area (Å²) in [5, 5.41) is 5.04. The molecule has 0 radical (unpaired) electrons. The molecule has 0 saturated carbocycles. The molecule has 6 nitrogen and oxygen atoms in total. The van der Waals surface area contributed by atoms with Crippen molar-refractivity contribution in [1.29, 1.82) is 0 Å². The zero-order valence-electron chi connectivity index (χ0n) is 14.8. The van der Waals surface area contributed by atoms with Crippen LogP contribution in [0.5, 0.6) is 0 Å². The topological polar surface area (TPSA) is 71.3 Å². The summed E-state index contributed by atoms with van der Waals surface area (Å²) in [7, 11) is 0. The lowest BCUT2D eigenvalue weighted by molar-refractivity contribution is 0.555. The van der Waals surface area contributed by atoms with Crippen LogP contribution < -0.4 is 16.4 Å². The summed E-state index contributed by atoms with van der Waals surface area (Å²) in [6.07, 6.45) is 1.84. The first kappa shape index (κ1) is 16.6. The van der Waals surface area contributed by atoms with Crippen molar-refractivity contribution in [3.05, 3.63) is 75.8 Å². The van der Waals surface area contributed by atoms with Crippen LogP contribution in [0.1, 0.15) is 23.0 Å². The molecule has 1 aromatic heterocycles. The van der Waals surface area contributed by atoms with Gasteiger partial charge in [0.2, 0.25) is 0 Å². The second kappa shape index (κ2) is 6.82. The van der Waals surface area contributed by atoms with E-state index < -0.39 is 0 Å². The molecule has 0 bridgehead atoms. The third kappa shape index (κ3) is 3.05. The van der Waals surface area contributed by atoms with Gasteiger partial charge in [-0.05, 0) is 31.5 Å². The molecule has 0 aliphatic carbocycles. The average Bonchev–Trinajstić information content (AvgIpc) is 3.11. The molecule has 3 aromatic rings. The van der Waals surface area contributed by atoms with Gasteiger partial charge in [-0.2, -0.15) is 9.78 Å². The molecule has 0 spiro atoms. The fourth-order valence-corrected chi connectivity index (χ4v) is 3.28. The van der Waals surface area contributed by atoms with E-state index in [9.17, 15) is 4.79 Å². The lowest BCUT2D eigenvalue weighted by atomic mass is 9.95. The molecule has 1 saturated heterocycles. The first-order chi connectivity index (χ1) is 12.6. The highest BCUT2D eigenvalue weighted by molar-refractivity contribution is 5.77. The summed E-state index contributed by atoms with van der Waals surface area (Å²) in [5.41, 5.74) is 9.46. The van der Waals surface area contributed by atoms with Gasteiger partial charge in [-0.3, -0.25) is 10.2 Å². The van der Waals surface area contributed by atoms with Gasteiger partial charge in [-0.25, -0.2) is 10.4 Å². The fraction of sp³-hybridized carbons (Fsp3) is 0.250. The molecule has 1 aliphatic heterocycles. The van der Waals surface area contributed by atoms with Crippen LogP contribution >= 0.6 is 0 Å². The van der Waals surface area contributed by atoms with Crippen molar-refractivity contribution in [3.63, 3.8) is 0 Å². The van der Waals surface area contributed by atoms with Gasteiger partial charge in [0.05, 0.1) is 16.9 Å². The number of fused-ring (bicyclic) bond motifs is 1. The Morgan fingerprint density at radius 3 is 2.73 bits per heavy atom. The highest BCUT2D eigenvalue weighted by Crippen LogP contribution is 2.24. The molecule has 1 fully saturated rings. The van der Waals surface area contributed by atoms with Gasteiger partial charge in [0.1, 0.15) is 5.82 Å². The van der Waals surface area contributed by atoms with Crippen molar-refractivity contribution in [2.24, 2.45) is 11.0 Å². The van der Waals surface area contributed by atoms with Crippen molar-refractivity contribution in [2.75, 3.05) is 6.54 Å². The van der Waals surface area contributed by atoms with Gasteiger partial charge in [-0.15, -0.1) is 0 Å². The van der Waals surface area contributed by atoms with Crippen LogP contribution in [0.2, 0.25) is 0 Å². The van der Waals surface area contributed by atoms with Crippen molar-refractivity contribution in [2.45, 2.75) is 19.9 Å². The Balaban J connectivity index is 1.66. The number of para-hydroxylation sites is 1. The third-order valence-electron chi connectivity index (χ3n) is 4.75. The molecule has 2 heterocycles. The van der Waals surface area contributed by atoms with Crippen molar-refractivity contribution >= 4 is 17.1 Å². The molecule has 6 heteroatoms. The lowest BCUT2D eigenvalue weighted by Crippen LogP contribution is -2.25. The van der Waals surface area contributed by atoms with E-state index in [1.807, 2.05) is 24.4 Å². The SMILES string of the molecule is Cc1ccc(C2NNCC2/C=N/n2c(C)nc3ccccc3c2=O)cc1. The van der Waals surface area contributed by atoms with Crippen molar-refractivity contribution in [1.82, 2.24) is 20.5 Å². The van der Waals surface area contributed by atoms with Gasteiger partial charge < -0.3 is 0 Å². The van der Waals surface area contributed by atoms with E-state index in [0.29, 0.717) is 16.7 Å². The maximum Gasteiger partial charge on any atom is 0.282 e. The Hall–Kier alpha value is -2.83. The van der Waals surface area contributed by atoms with E-state index in [1.165, 1.54) is 15.8 Å². The average molecular weight is 347 g/mol. The number of rotatable bonds is 3. The first-order valence-electron chi connectivity index (χ1n) is 8.71. The van der Waals surface area contributed by atoms with E-state index in [1.54, 1.807) is 13.0 Å². The minimum atomic E-state index is -0.143. The molecule has 4 rings (SSSR count). The first-order valence-corrected chi connectivity index (χ1v) is 8.71. The van der Waals surface area contributed by atoms with Crippen LogP contribution in [-0.2, 0) is 0 Å². The number of benzene rings is 2. The van der Waals surface area contributed by atoms with Crippen LogP contribution in [-0.4, -0.2) is 22.4 Å².